The van der Waals surface area contributed by atoms with E-state index < -0.39 is 59.7 Å². The molecule has 4 fully saturated rings. The molecule has 214 valence electrons. The van der Waals surface area contributed by atoms with Gasteiger partial charge in [-0.25, -0.2) is 8.78 Å². The van der Waals surface area contributed by atoms with Crippen molar-refractivity contribution in [3.8, 4) is 17.2 Å². The van der Waals surface area contributed by atoms with Crippen molar-refractivity contribution >= 4 is 29.3 Å². The summed E-state index contributed by atoms with van der Waals surface area (Å²) in [6.07, 6.45) is 0.943. The van der Waals surface area contributed by atoms with Gasteiger partial charge in [-0.1, -0.05) is 41.9 Å². The Morgan fingerprint density at radius 1 is 1.17 bits per heavy atom. The van der Waals surface area contributed by atoms with Gasteiger partial charge in [-0.05, 0) is 55.4 Å². The molecule has 3 amide bonds. The molecular formula is C30H29ClF2N4O4. The highest BCUT2D eigenvalue weighted by atomic mass is 35.5. The number of halogens is 3. The van der Waals surface area contributed by atoms with Crippen molar-refractivity contribution in [1.82, 2.24) is 15.5 Å². The van der Waals surface area contributed by atoms with Crippen LogP contribution in [0.3, 0.4) is 0 Å². The molecule has 11 heteroatoms. The van der Waals surface area contributed by atoms with Crippen molar-refractivity contribution in [1.29, 1.82) is 5.26 Å². The minimum absolute atomic E-state index is 0.0131. The highest BCUT2D eigenvalue weighted by Crippen LogP contribution is 2.54. The van der Waals surface area contributed by atoms with E-state index in [2.05, 4.69) is 10.6 Å². The molecule has 7 rings (SSSR count). The van der Waals surface area contributed by atoms with Gasteiger partial charge in [-0.3, -0.25) is 14.4 Å². The molecule has 3 aliphatic heterocycles. The molecule has 5 aliphatic rings. The standard InChI is InChI=1S/C30H29ClF2N4O4/c31-17-7-9-21-20-5-1-2-6-22(20)30(41,24(21)13-17)28(40)37-19-8-10-23(29(32,33)14-19)25(37)27(39)36-18(15-34)12-16-4-3-11-35-26(16)38/h1-2,5-7,9,13,16,18-19,23,25,41H,3-4,8,10-12,14H2,(H,35,38)(H,36,39)/t16-,18-,19-,23-,25+,30?/m1/s1. The first-order valence-electron chi connectivity index (χ1n) is 13.9. The van der Waals surface area contributed by atoms with Crippen LogP contribution in [0.15, 0.2) is 42.5 Å². The van der Waals surface area contributed by atoms with Crippen LogP contribution >= 0.6 is 11.6 Å². The number of hydrogen-bond donors (Lipinski definition) is 3. The van der Waals surface area contributed by atoms with Gasteiger partial charge in [-0.15, -0.1) is 0 Å². The van der Waals surface area contributed by atoms with Crippen LogP contribution in [-0.2, 0) is 20.0 Å². The number of rotatable bonds is 5. The van der Waals surface area contributed by atoms with E-state index in [0.29, 0.717) is 24.1 Å². The van der Waals surface area contributed by atoms with E-state index in [1.54, 1.807) is 36.4 Å². The molecule has 41 heavy (non-hydrogen) atoms. The topological polar surface area (TPSA) is 123 Å². The van der Waals surface area contributed by atoms with Crippen LogP contribution in [-0.4, -0.2) is 58.3 Å². The molecule has 0 aromatic heterocycles. The van der Waals surface area contributed by atoms with E-state index >= 15 is 8.78 Å². The van der Waals surface area contributed by atoms with Gasteiger partial charge < -0.3 is 20.6 Å². The fourth-order valence-electron chi connectivity index (χ4n) is 7.19. The Hall–Kier alpha value is -3.55. The Labute approximate surface area is 240 Å². The summed E-state index contributed by atoms with van der Waals surface area (Å²) in [6.45, 7) is 0.538. The zero-order valence-corrected chi connectivity index (χ0v) is 22.8. The molecule has 0 radical (unpaired) electrons. The summed E-state index contributed by atoms with van der Waals surface area (Å²) in [5, 5.41) is 27.6. The minimum Gasteiger partial charge on any atom is -0.372 e. The average Bonchev–Trinajstić information content (AvgIpc) is 3.21. The molecule has 2 aliphatic carbocycles. The zero-order chi connectivity index (χ0) is 29.1. The molecule has 3 N–H and O–H groups in total. The number of carbonyl (C=O) groups is 3. The van der Waals surface area contributed by atoms with Crippen LogP contribution in [0.5, 0.6) is 0 Å². The van der Waals surface area contributed by atoms with E-state index in [4.69, 9.17) is 11.6 Å². The predicted molar refractivity (Wildman–Crippen MR) is 144 cm³/mol. The van der Waals surface area contributed by atoms with Gasteiger partial charge in [0, 0.05) is 41.1 Å². The van der Waals surface area contributed by atoms with Crippen molar-refractivity contribution in [3.05, 3.63) is 58.6 Å². The molecule has 1 saturated carbocycles. The molecule has 2 bridgehead atoms. The molecule has 3 saturated heterocycles. The molecule has 8 nitrogen and oxygen atoms in total. The number of amides is 3. The van der Waals surface area contributed by atoms with Crippen LogP contribution in [0.25, 0.3) is 11.1 Å². The second-order valence-corrected chi connectivity index (χ2v) is 11.9. The lowest BCUT2D eigenvalue weighted by Gasteiger charge is -2.54. The molecule has 3 heterocycles. The monoisotopic (exact) mass is 582 g/mol. The lowest BCUT2D eigenvalue weighted by atomic mass is 9.70. The number of aliphatic hydroxyl groups is 1. The van der Waals surface area contributed by atoms with Gasteiger partial charge in [0.1, 0.15) is 12.1 Å². The second-order valence-electron chi connectivity index (χ2n) is 11.5. The summed E-state index contributed by atoms with van der Waals surface area (Å²) in [5.74, 6) is -7.19. The van der Waals surface area contributed by atoms with Crippen LogP contribution in [0.1, 0.15) is 49.7 Å². The molecule has 6 atom stereocenters. The number of nitrogens with zero attached hydrogens (tertiary/aromatic N) is 2. The van der Waals surface area contributed by atoms with Gasteiger partial charge in [0.25, 0.3) is 11.8 Å². The van der Waals surface area contributed by atoms with Crippen molar-refractivity contribution < 1.29 is 28.3 Å². The number of hydrogen-bond acceptors (Lipinski definition) is 5. The maximum Gasteiger partial charge on any atom is 0.264 e. The molecule has 0 spiro atoms. The number of fused-ring (bicyclic) bond motifs is 6. The SMILES string of the molecule is N#C[C@@H](C[C@H]1CCCNC1=O)NC(=O)[C@@H]1[C@H]2CC[C@H](CC2(F)F)N1C(=O)C1(O)c2ccccc2-c2ccc(Cl)cc21. The van der Waals surface area contributed by atoms with E-state index in [1.165, 1.54) is 6.07 Å². The van der Waals surface area contributed by atoms with Crippen LogP contribution < -0.4 is 10.6 Å². The second kappa shape index (κ2) is 10.1. The first kappa shape index (κ1) is 27.6. The quantitative estimate of drug-likeness (QED) is 0.498. The van der Waals surface area contributed by atoms with E-state index in [1.807, 2.05) is 6.07 Å². The van der Waals surface area contributed by atoms with E-state index in [-0.39, 0.29) is 41.3 Å². The Kier molecular flexibility index (Phi) is 6.78. The van der Waals surface area contributed by atoms with Crippen molar-refractivity contribution in [2.24, 2.45) is 11.8 Å². The molecule has 2 aromatic carbocycles. The summed E-state index contributed by atoms with van der Waals surface area (Å²) in [6, 6.07) is 9.88. The zero-order valence-electron chi connectivity index (χ0n) is 22.1. The largest absolute Gasteiger partial charge is 0.372 e. The van der Waals surface area contributed by atoms with Gasteiger partial charge in [0.2, 0.25) is 11.8 Å². The summed E-state index contributed by atoms with van der Waals surface area (Å²) in [4.78, 5) is 41.6. The van der Waals surface area contributed by atoms with Gasteiger partial charge >= 0.3 is 0 Å². The highest BCUT2D eigenvalue weighted by Gasteiger charge is 2.63. The third kappa shape index (κ3) is 4.37. The summed E-state index contributed by atoms with van der Waals surface area (Å²) in [5.41, 5.74) is -0.546. The third-order valence-corrected chi connectivity index (χ3v) is 9.35. The Morgan fingerprint density at radius 2 is 1.93 bits per heavy atom. The predicted octanol–water partition coefficient (Wildman–Crippen LogP) is 3.50. The van der Waals surface area contributed by atoms with Crippen LogP contribution in [0.4, 0.5) is 8.78 Å². The summed E-state index contributed by atoms with van der Waals surface area (Å²) in [7, 11) is 0. The van der Waals surface area contributed by atoms with Crippen molar-refractivity contribution in [2.75, 3.05) is 6.54 Å². The summed E-state index contributed by atoms with van der Waals surface area (Å²) < 4.78 is 30.6. The van der Waals surface area contributed by atoms with Gasteiger partial charge in [0.05, 0.1) is 12.0 Å². The number of nitrogens with one attached hydrogen (secondary N) is 2. The first-order valence-corrected chi connectivity index (χ1v) is 14.2. The molecule has 2 aromatic rings. The number of benzene rings is 2. The normalized spacial score (nSPS) is 30.0. The lowest BCUT2D eigenvalue weighted by molar-refractivity contribution is -0.201. The van der Waals surface area contributed by atoms with Crippen LogP contribution in [0, 0.1) is 23.2 Å². The Morgan fingerprint density at radius 3 is 2.66 bits per heavy atom. The minimum atomic E-state index is -3.22. The smallest absolute Gasteiger partial charge is 0.264 e. The Bertz CT molecular complexity index is 1480. The van der Waals surface area contributed by atoms with E-state index in [9.17, 15) is 24.8 Å². The van der Waals surface area contributed by atoms with Crippen molar-refractivity contribution in [3.63, 3.8) is 0 Å². The summed E-state index contributed by atoms with van der Waals surface area (Å²) >= 11 is 6.27. The number of alkyl halides is 2. The number of carbonyl (C=O) groups excluding carboxylic acids is 3. The molecular weight excluding hydrogens is 554 g/mol. The maximum atomic E-state index is 15.3. The third-order valence-electron chi connectivity index (χ3n) is 9.12. The fraction of sp³-hybridized carbons (Fsp3) is 0.467. The van der Waals surface area contributed by atoms with Gasteiger partial charge in [0.15, 0.2) is 5.60 Å². The molecule has 1 unspecified atom stereocenters. The average molecular weight is 583 g/mol. The van der Waals surface area contributed by atoms with Gasteiger partial charge in [-0.2, -0.15) is 5.26 Å². The fourth-order valence-corrected chi connectivity index (χ4v) is 7.36. The maximum absolute atomic E-state index is 15.3. The van der Waals surface area contributed by atoms with E-state index in [0.717, 1.165) is 11.3 Å². The number of piperidine rings is 3. The lowest BCUT2D eigenvalue weighted by Crippen LogP contribution is -2.70. The van der Waals surface area contributed by atoms with Crippen LogP contribution in [0.2, 0.25) is 5.02 Å². The number of nitriles is 1. The first-order chi connectivity index (χ1) is 19.6. The highest BCUT2D eigenvalue weighted by molar-refractivity contribution is 6.31. The Balaban J connectivity index is 1.36. The van der Waals surface area contributed by atoms with Crippen molar-refractivity contribution in [2.45, 2.75) is 68.2 Å².